The van der Waals surface area contributed by atoms with Crippen LogP contribution < -0.4 is 5.32 Å². The predicted octanol–water partition coefficient (Wildman–Crippen LogP) is 1.97. The largest absolute Gasteiger partial charge is 0.461 e. The van der Waals surface area contributed by atoms with Gasteiger partial charge in [-0.3, -0.25) is 4.79 Å². The Bertz CT molecular complexity index is 689. The van der Waals surface area contributed by atoms with E-state index in [0.717, 1.165) is 5.76 Å². The lowest BCUT2D eigenvalue weighted by Crippen LogP contribution is -2.28. The molecule has 6 heteroatoms. The van der Waals surface area contributed by atoms with E-state index >= 15 is 0 Å². The molecule has 1 saturated heterocycles. The van der Waals surface area contributed by atoms with E-state index in [4.69, 9.17) is 4.42 Å². The van der Waals surface area contributed by atoms with Crippen LogP contribution in [0.4, 0.5) is 0 Å². The number of hydrogen-bond donors (Lipinski definition) is 1. The molecule has 1 N–H and O–H groups in total. The van der Waals surface area contributed by atoms with Gasteiger partial charge >= 0.3 is 0 Å². The first-order chi connectivity index (χ1) is 10.4. The number of furan rings is 1. The van der Waals surface area contributed by atoms with Gasteiger partial charge in [-0.25, -0.2) is 8.42 Å². The third-order valence-electron chi connectivity index (χ3n) is 4.41. The van der Waals surface area contributed by atoms with E-state index in [9.17, 15) is 13.2 Å². The maximum absolute atomic E-state index is 11.8. The van der Waals surface area contributed by atoms with Crippen molar-refractivity contribution in [2.45, 2.75) is 25.7 Å². The van der Waals surface area contributed by atoms with E-state index in [1.807, 2.05) is 12.1 Å². The summed E-state index contributed by atoms with van der Waals surface area (Å²) in [7, 11) is -2.89. The van der Waals surface area contributed by atoms with Gasteiger partial charge in [0, 0.05) is 18.5 Å². The monoisotopic (exact) mass is 323 g/mol. The van der Waals surface area contributed by atoms with Crippen molar-refractivity contribution in [3.05, 3.63) is 29.7 Å². The molecular formula is C16H21NO4S. The van der Waals surface area contributed by atoms with Crippen molar-refractivity contribution in [2.24, 2.45) is 11.8 Å². The highest BCUT2D eigenvalue weighted by atomic mass is 32.2. The van der Waals surface area contributed by atoms with Crippen LogP contribution in [-0.4, -0.2) is 32.4 Å². The van der Waals surface area contributed by atoms with Crippen molar-refractivity contribution < 1.29 is 17.6 Å². The first kappa shape index (κ1) is 15.3. The molecule has 2 aliphatic rings. The Morgan fingerprint density at radius 2 is 2.23 bits per heavy atom. The number of carbonyl (C=O) groups is 1. The number of carbonyl (C=O) groups excluding carboxylic acids is 1. The lowest BCUT2D eigenvalue weighted by molar-refractivity contribution is -0.116. The summed E-state index contributed by atoms with van der Waals surface area (Å²) in [6.07, 6.45) is 4.88. The number of amides is 1. The van der Waals surface area contributed by atoms with Crippen molar-refractivity contribution >= 4 is 21.8 Å². The minimum atomic E-state index is -2.89. The summed E-state index contributed by atoms with van der Waals surface area (Å²) in [4.78, 5) is 11.8. The van der Waals surface area contributed by atoms with Crippen molar-refractivity contribution in [3.8, 4) is 0 Å². The Labute approximate surface area is 130 Å². The minimum absolute atomic E-state index is 0.0360. The zero-order chi connectivity index (χ0) is 15.7. The van der Waals surface area contributed by atoms with E-state index < -0.39 is 9.84 Å². The molecule has 0 spiro atoms. The third kappa shape index (κ3) is 3.80. The summed E-state index contributed by atoms with van der Waals surface area (Å²) in [6.45, 7) is 2.60. The molecule has 0 aromatic carbocycles. The second-order valence-corrected chi connectivity index (χ2v) is 8.64. The third-order valence-corrected chi connectivity index (χ3v) is 6.25. The Morgan fingerprint density at radius 3 is 2.86 bits per heavy atom. The Balaban J connectivity index is 1.46. The standard InChI is InChI=1S/C16H21NO4S/c1-11-8-14(11)15-4-2-13(21-15)3-5-16(18)17-9-12-6-7-22(19,20)10-12/h2-5,11-12,14H,6-10H2,1H3,(H,17,18)/b5-3-/t11-,12-,14+/m1/s1. The van der Waals surface area contributed by atoms with Crippen LogP contribution in [0.5, 0.6) is 0 Å². The topological polar surface area (TPSA) is 76.4 Å². The van der Waals surface area contributed by atoms with E-state index in [0.29, 0.717) is 30.6 Å². The van der Waals surface area contributed by atoms with Gasteiger partial charge in [0.25, 0.3) is 0 Å². The molecule has 1 aromatic heterocycles. The van der Waals surface area contributed by atoms with Gasteiger partial charge in [-0.1, -0.05) is 6.92 Å². The van der Waals surface area contributed by atoms with E-state index in [1.54, 1.807) is 6.08 Å². The Kier molecular flexibility index (Phi) is 4.12. The van der Waals surface area contributed by atoms with Crippen molar-refractivity contribution in [3.63, 3.8) is 0 Å². The van der Waals surface area contributed by atoms with Crippen molar-refractivity contribution in [2.75, 3.05) is 18.1 Å². The molecule has 22 heavy (non-hydrogen) atoms. The first-order valence-corrected chi connectivity index (χ1v) is 9.51. The van der Waals surface area contributed by atoms with Gasteiger partial charge < -0.3 is 9.73 Å². The molecule has 1 aliphatic heterocycles. The number of sulfone groups is 1. The minimum Gasteiger partial charge on any atom is -0.461 e. The van der Waals surface area contributed by atoms with Crippen LogP contribution in [0.25, 0.3) is 6.08 Å². The van der Waals surface area contributed by atoms with Crippen molar-refractivity contribution in [1.29, 1.82) is 0 Å². The van der Waals surface area contributed by atoms with E-state index in [-0.39, 0.29) is 23.3 Å². The lowest BCUT2D eigenvalue weighted by atomic mass is 10.1. The number of hydrogen-bond acceptors (Lipinski definition) is 4. The SMILES string of the molecule is C[C@@H]1C[C@@H]1c1ccc(/C=C\C(=O)NC[C@H]2CCS(=O)(=O)C2)o1. The molecule has 1 amide bonds. The van der Waals surface area contributed by atoms with Crippen LogP contribution in [0.2, 0.25) is 0 Å². The molecule has 1 aromatic rings. The summed E-state index contributed by atoms with van der Waals surface area (Å²) < 4.78 is 28.4. The van der Waals surface area contributed by atoms with Gasteiger partial charge in [0.15, 0.2) is 9.84 Å². The highest BCUT2D eigenvalue weighted by Crippen LogP contribution is 2.47. The van der Waals surface area contributed by atoms with Crippen molar-refractivity contribution in [1.82, 2.24) is 5.32 Å². The molecule has 3 rings (SSSR count). The zero-order valence-corrected chi connectivity index (χ0v) is 13.4. The van der Waals surface area contributed by atoms with Gasteiger partial charge in [-0.2, -0.15) is 0 Å². The maximum Gasteiger partial charge on any atom is 0.244 e. The molecule has 2 heterocycles. The molecule has 0 radical (unpaired) electrons. The smallest absolute Gasteiger partial charge is 0.244 e. The normalized spacial score (nSPS) is 29.8. The molecule has 120 valence electrons. The lowest BCUT2D eigenvalue weighted by Gasteiger charge is -2.07. The van der Waals surface area contributed by atoms with Gasteiger partial charge in [0.2, 0.25) is 5.91 Å². The van der Waals surface area contributed by atoms with Gasteiger partial charge in [0.1, 0.15) is 11.5 Å². The summed E-state index contributed by atoms with van der Waals surface area (Å²) in [5, 5.41) is 2.75. The maximum atomic E-state index is 11.8. The van der Waals surface area contributed by atoms with E-state index in [2.05, 4.69) is 12.2 Å². The molecule has 1 saturated carbocycles. The Hall–Kier alpha value is -1.56. The summed E-state index contributed by atoms with van der Waals surface area (Å²) >= 11 is 0. The van der Waals surface area contributed by atoms with Crippen LogP contribution in [0.15, 0.2) is 22.6 Å². The second kappa shape index (κ2) is 5.91. The first-order valence-electron chi connectivity index (χ1n) is 7.69. The fourth-order valence-electron chi connectivity index (χ4n) is 2.87. The summed E-state index contributed by atoms with van der Waals surface area (Å²) in [5.74, 6) is 3.11. The average molecular weight is 323 g/mol. The predicted molar refractivity (Wildman–Crippen MR) is 84.0 cm³/mol. The molecule has 2 fully saturated rings. The molecule has 0 bridgehead atoms. The quantitative estimate of drug-likeness (QED) is 0.841. The molecular weight excluding hydrogens is 302 g/mol. The second-order valence-electron chi connectivity index (χ2n) is 6.41. The average Bonchev–Trinajstić information content (AvgIpc) is 2.88. The van der Waals surface area contributed by atoms with Crippen LogP contribution in [0, 0.1) is 11.8 Å². The highest BCUT2D eigenvalue weighted by Gasteiger charge is 2.36. The molecule has 1 aliphatic carbocycles. The molecule has 5 nitrogen and oxygen atoms in total. The van der Waals surface area contributed by atoms with E-state index in [1.165, 1.54) is 12.5 Å². The summed E-state index contributed by atoms with van der Waals surface area (Å²) in [5.41, 5.74) is 0. The van der Waals surface area contributed by atoms with Crippen LogP contribution in [0.3, 0.4) is 0 Å². The van der Waals surface area contributed by atoms with Crippen LogP contribution in [-0.2, 0) is 14.6 Å². The zero-order valence-electron chi connectivity index (χ0n) is 12.6. The Morgan fingerprint density at radius 1 is 1.45 bits per heavy atom. The highest BCUT2D eigenvalue weighted by molar-refractivity contribution is 7.91. The van der Waals surface area contributed by atoms with Gasteiger partial charge in [0.05, 0.1) is 11.5 Å². The molecule has 3 atom stereocenters. The summed E-state index contributed by atoms with van der Waals surface area (Å²) in [6, 6.07) is 3.84. The van der Waals surface area contributed by atoms with Crippen LogP contribution >= 0.6 is 0 Å². The van der Waals surface area contributed by atoms with Crippen LogP contribution in [0.1, 0.15) is 37.2 Å². The molecule has 0 unspecified atom stereocenters. The number of rotatable bonds is 5. The van der Waals surface area contributed by atoms with Gasteiger partial charge in [-0.15, -0.1) is 0 Å². The fourth-order valence-corrected chi connectivity index (χ4v) is 4.73. The number of nitrogens with one attached hydrogen (secondary N) is 1. The van der Waals surface area contributed by atoms with Gasteiger partial charge in [-0.05, 0) is 42.9 Å². The fraction of sp³-hybridized carbons (Fsp3) is 0.562.